The summed E-state index contributed by atoms with van der Waals surface area (Å²) < 4.78 is 12.7. The highest BCUT2D eigenvalue weighted by Crippen LogP contribution is 2.14. The van der Waals surface area contributed by atoms with Gasteiger partial charge in [0.1, 0.15) is 11.5 Å². The molecule has 3 nitrogen and oxygen atoms in total. The molecule has 0 fully saturated rings. The molecule has 0 atom stereocenters. The van der Waals surface area contributed by atoms with Gasteiger partial charge in [0.15, 0.2) is 0 Å². The number of para-hydroxylation sites is 2. The summed E-state index contributed by atoms with van der Waals surface area (Å²) in [7, 11) is 4.81. The molecule has 0 spiro atoms. The van der Waals surface area contributed by atoms with E-state index in [9.17, 15) is 0 Å². The van der Waals surface area contributed by atoms with E-state index >= 15 is 0 Å². The van der Waals surface area contributed by atoms with E-state index in [4.69, 9.17) is 9.47 Å². The van der Waals surface area contributed by atoms with Crippen molar-refractivity contribution in [2.24, 2.45) is 0 Å². The minimum atomic E-state index is 0. The molecule has 2 aromatic carbocycles. The van der Waals surface area contributed by atoms with Gasteiger partial charge in [-0.1, -0.05) is 74.9 Å². The SMILES string of the molecule is C[N+](C)(CCCCCCCCOc1ccccc1)CCCCCCCCOc1ccccc1.[Br-]. The zero-order valence-electron chi connectivity index (χ0n) is 21.7. The lowest BCUT2D eigenvalue weighted by atomic mass is 10.1. The minimum Gasteiger partial charge on any atom is -1.00 e. The number of unbranched alkanes of at least 4 members (excludes halogenated alkanes) is 10. The number of hydrogen-bond acceptors (Lipinski definition) is 2. The predicted octanol–water partition coefficient (Wildman–Crippen LogP) is 4.91. The molecule has 0 saturated carbocycles. The maximum absolute atomic E-state index is 5.77. The van der Waals surface area contributed by atoms with Gasteiger partial charge in [-0.25, -0.2) is 0 Å². The molecular weight excluding hydrogens is 486 g/mol. The van der Waals surface area contributed by atoms with E-state index in [1.807, 2.05) is 60.7 Å². The number of benzene rings is 2. The molecule has 0 aliphatic heterocycles. The van der Waals surface area contributed by atoms with Crippen LogP contribution in [0.25, 0.3) is 0 Å². The Kier molecular flexibility index (Phi) is 17.7. The van der Waals surface area contributed by atoms with Crippen LogP contribution in [0.1, 0.15) is 77.0 Å². The van der Waals surface area contributed by atoms with E-state index in [2.05, 4.69) is 14.1 Å². The van der Waals surface area contributed by atoms with E-state index in [0.717, 1.165) is 37.6 Å². The van der Waals surface area contributed by atoms with Gasteiger partial charge in [0, 0.05) is 0 Å². The molecule has 4 heteroatoms. The zero-order chi connectivity index (χ0) is 23.5. The van der Waals surface area contributed by atoms with Gasteiger partial charge in [0.2, 0.25) is 0 Å². The Labute approximate surface area is 220 Å². The van der Waals surface area contributed by atoms with Gasteiger partial charge in [-0.05, 0) is 62.8 Å². The Balaban J connectivity index is 0.00000578. The number of quaternary nitrogens is 1. The Morgan fingerprint density at radius 2 is 0.794 bits per heavy atom. The summed E-state index contributed by atoms with van der Waals surface area (Å²) in [6.07, 6.45) is 15.7. The lowest BCUT2D eigenvalue weighted by Crippen LogP contribution is -3.00. The molecule has 34 heavy (non-hydrogen) atoms. The van der Waals surface area contributed by atoms with Gasteiger partial charge in [-0.15, -0.1) is 0 Å². The van der Waals surface area contributed by atoms with Crippen LogP contribution in [0.5, 0.6) is 11.5 Å². The van der Waals surface area contributed by atoms with Crippen LogP contribution in [0, 0.1) is 0 Å². The molecule has 0 aliphatic rings. The fourth-order valence-electron chi connectivity index (χ4n) is 4.22. The lowest BCUT2D eigenvalue weighted by Gasteiger charge is -2.30. The summed E-state index contributed by atoms with van der Waals surface area (Å²) in [5.41, 5.74) is 0. The monoisotopic (exact) mass is 533 g/mol. The summed E-state index contributed by atoms with van der Waals surface area (Å²) in [5.74, 6) is 1.98. The first-order valence-electron chi connectivity index (χ1n) is 13.3. The van der Waals surface area contributed by atoms with Crippen molar-refractivity contribution in [1.29, 1.82) is 0 Å². The average Bonchev–Trinajstić information content (AvgIpc) is 2.83. The molecule has 2 rings (SSSR count). The van der Waals surface area contributed by atoms with Gasteiger partial charge in [-0.2, -0.15) is 0 Å². The first-order valence-corrected chi connectivity index (χ1v) is 13.3. The molecule has 0 bridgehead atoms. The molecule has 0 aliphatic carbocycles. The predicted molar refractivity (Wildman–Crippen MR) is 141 cm³/mol. The first-order chi connectivity index (χ1) is 16.2. The van der Waals surface area contributed by atoms with Crippen molar-refractivity contribution in [3.8, 4) is 11.5 Å². The standard InChI is InChI=1S/C30H48NO2.BrH/c1-31(2,25-17-7-3-5-9-19-27-32-29-21-13-11-14-22-29)26-18-8-4-6-10-20-28-33-30-23-15-12-16-24-30;/h11-16,21-24H,3-10,17-20,25-28H2,1-2H3;1H/q+1;/p-1. The van der Waals surface area contributed by atoms with Crippen molar-refractivity contribution in [2.45, 2.75) is 77.0 Å². The summed E-state index contributed by atoms with van der Waals surface area (Å²) in [4.78, 5) is 0. The van der Waals surface area contributed by atoms with E-state index in [-0.39, 0.29) is 17.0 Å². The fourth-order valence-corrected chi connectivity index (χ4v) is 4.22. The largest absolute Gasteiger partial charge is 1.00 e. The van der Waals surface area contributed by atoms with Gasteiger partial charge in [-0.3, -0.25) is 0 Å². The van der Waals surface area contributed by atoms with Crippen molar-refractivity contribution in [3.05, 3.63) is 60.7 Å². The highest BCUT2D eigenvalue weighted by molar-refractivity contribution is 5.21. The van der Waals surface area contributed by atoms with Gasteiger partial charge >= 0.3 is 0 Å². The highest BCUT2D eigenvalue weighted by Gasteiger charge is 2.13. The van der Waals surface area contributed by atoms with Crippen LogP contribution in [0.4, 0.5) is 0 Å². The van der Waals surface area contributed by atoms with Gasteiger partial charge in [0.05, 0.1) is 40.4 Å². The van der Waals surface area contributed by atoms with Crippen LogP contribution < -0.4 is 26.5 Å². The maximum Gasteiger partial charge on any atom is 0.119 e. The molecule has 0 aromatic heterocycles. The molecule has 0 amide bonds. The molecule has 0 radical (unpaired) electrons. The van der Waals surface area contributed by atoms with Crippen LogP contribution >= 0.6 is 0 Å². The van der Waals surface area contributed by atoms with E-state index in [1.54, 1.807) is 0 Å². The summed E-state index contributed by atoms with van der Waals surface area (Å²) in [6.45, 7) is 4.31. The summed E-state index contributed by atoms with van der Waals surface area (Å²) in [6, 6.07) is 20.3. The van der Waals surface area contributed by atoms with E-state index in [0.29, 0.717) is 0 Å². The van der Waals surface area contributed by atoms with Crippen molar-refractivity contribution in [3.63, 3.8) is 0 Å². The second kappa shape index (κ2) is 19.8. The Bertz CT molecular complexity index is 634. The van der Waals surface area contributed by atoms with Crippen molar-refractivity contribution in [1.82, 2.24) is 0 Å². The minimum absolute atomic E-state index is 0. The third-order valence-corrected chi connectivity index (χ3v) is 6.34. The zero-order valence-corrected chi connectivity index (χ0v) is 23.3. The van der Waals surface area contributed by atoms with Crippen LogP contribution in [-0.4, -0.2) is 44.9 Å². The van der Waals surface area contributed by atoms with E-state index in [1.165, 1.54) is 81.8 Å². The number of nitrogens with zero attached hydrogens (tertiary/aromatic N) is 1. The molecule has 0 unspecified atom stereocenters. The number of rotatable bonds is 20. The van der Waals surface area contributed by atoms with Crippen molar-refractivity contribution >= 4 is 0 Å². The Morgan fingerprint density at radius 1 is 0.471 bits per heavy atom. The molecule has 0 heterocycles. The summed E-state index contributed by atoms with van der Waals surface area (Å²) >= 11 is 0. The topological polar surface area (TPSA) is 18.5 Å². The number of ether oxygens (including phenoxy) is 2. The summed E-state index contributed by atoms with van der Waals surface area (Å²) in [5, 5.41) is 0. The van der Waals surface area contributed by atoms with Crippen LogP contribution in [0.2, 0.25) is 0 Å². The van der Waals surface area contributed by atoms with Crippen LogP contribution in [-0.2, 0) is 0 Å². The number of halogens is 1. The Hall–Kier alpha value is -1.52. The van der Waals surface area contributed by atoms with Crippen molar-refractivity contribution < 1.29 is 30.9 Å². The van der Waals surface area contributed by atoms with Gasteiger partial charge < -0.3 is 30.9 Å². The van der Waals surface area contributed by atoms with Crippen LogP contribution in [0.15, 0.2) is 60.7 Å². The Morgan fingerprint density at radius 3 is 1.18 bits per heavy atom. The van der Waals surface area contributed by atoms with Crippen LogP contribution in [0.3, 0.4) is 0 Å². The fraction of sp³-hybridized carbons (Fsp3) is 0.600. The van der Waals surface area contributed by atoms with Gasteiger partial charge in [0.25, 0.3) is 0 Å². The molecule has 2 aromatic rings. The smallest absolute Gasteiger partial charge is 0.119 e. The maximum atomic E-state index is 5.77. The van der Waals surface area contributed by atoms with Crippen molar-refractivity contribution in [2.75, 3.05) is 40.4 Å². The highest BCUT2D eigenvalue weighted by atomic mass is 79.9. The molecular formula is C30H48BrNO2. The third-order valence-electron chi connectivity index (χ3n) is 6.34. The lowest BCUT2D eigenvalue weighted by molar-refractivity contribution is -0.890. The third kappa shape index (κ3) is 16.2. The number of hydrogen-bond donors (Lipinski definition) is 0. The second-order valence-electron chi connectivity index (χ2n) is 9.95. The van der Waals surface area contributed by atoms with E-state index < -0.39 is 0 Å². The molecule has 0 saturated heterocycles. The normalized spacial score (nSPS) is 11.1. The first kappa shape index (κ1) is 30.5. The second-order valence-corrected chi connectivity index (χ2v) is 9.95. The molecule has 192 valence electrons. The quantitative estimate of drug-likeness (QED) is 0.178. The average molecular weight is 535 g/mol. The molecule has 0 N–H and O–H groups in total.